The van der Waals surface area contributed by atoms with Crippen LogP contribution < -0.4 is 5.73 Å². The zero-order valence-electron chi connectivity index (χ0n) is 10.2. The van der Waals surface area contributed by atoms with Gasteiger partial charge < -0.3 is 5.73 Å². The number of hydrogen-bond donors (Lipinski definition) is 1. The fraction of sp³-hybridized carbons (Fsp3) is 0.308. The standard InChI is InChI=1S/C13H14ClFN2S/c1-3-11-7(2)18-13(17-11)12(16)9-5-4-8(15)6-10(9)14/h4-6,12H,3,16H2,1-2H3. The predicted molar refractivity (Wildman–Crippen MR) is 73.7 cm³/mol. The van der Waals surface area contributed by atoms with Gasteiger partial charge in [0, 0.05) is 9.90 Å². The number of halogens is 2. The lowest BCUT2D eigenvalue weighted by molar-refractivity contribution is 0.626. The topological polar surface area (TPSA) is 38.9 Å². The third-order valence-corrected chi connectivity index (χ3v) is 4.23. The van der Waals surface area contributed by atoms with Crippen molar-refractivity contribution in [2.24, 2.45) is 5.73 Å². The lowest BCUT2D eigenvalue weighted by atomic mass is 10.1. The van der Waals surface area contributed by atoms with Gasteiger partial charge in [-0.1, -0.05) is 24.6 Å². The molecule has 0 amide bonds. The van der Waals surface area contributed by atoms with Gasteiger partial charge in [0.25, 0.3) is 0 Å². The number of nitrogens with two attached hydrogens (primary N) is 1. The van der Waals surface area contributed by atoms with Crippen LogP contribution in [-0.4, -0.2) is 4.98 Å². The molecule has 1 aromatic carbocycles. The van der Waals surface area contributed by atoms with Gasteiger partial charge in [0.05, 0.1) is 11.7 Å². The van der Waals surface area contributed by atoms with E-state index in [2.05, 4.69) is 11.9 Å². The van der Waals surface area contributed by atoms with Gasteiger partial charge in [-0.2, -0.15) is 0 Å². The van der Waals surface area contributed by atoms with Crippen molar-refractivity contribution in [3.8, 4) is 0 Å². The second kappa shape index (κ2) is 5.34. The molecule has 0 radical (unpaired) electrons. The minimum absolute atomic E-state index is 0.341. The second-order valence-electron chi connectivity index (χ2n) is 4.05. The third-order valence-electron chi connectivity index (χ3n) is 2.81. The monoisotopic (exact) mass is 284 g/mol. The normalized spacial score (nSPS) is 12.7. The van der Waals surface area contributed by atoms with E-state index in [1.54, 1.807) is 17.4 Å². The molecule has 0 aliphatic heterocycles. The molecule has 2 N–H and O–H groups in total. The van der Waals surface area contributed by atoms with E-state index in [1.165, 1.54) is 17.0 Å². The van der Waals surface area contributed by atoms with Crippen LogP contribution >= 0.6 is 22.9 Å². The van der Waals surface area contributed by atoms with E-state index in [1.807, 2.05) is 6.92 Å². The average molecular weight is 285 g/mol. The van der Waals surface area contributed by atoms with Crippen molar-refractivity contribution < 1.29 is 4.39 Å². The Morgan fingerprint density at radius 3 is 2.78 bits per heavy atom. The Labute approximate surface area is 115 Å². The molecule has 0 aliphatic rings. The van der Waals surface area contributed by atoms with Gasteiger partial charge in [-0.3, -0.25) is 0 Å². The summed E-state index contributed by atoms with van der Waals surface area (Å²) >= 11 is 7.58. The Kier molecular flexibility index (Phi) is 4.00. The van der Waals surface area contributed by atoms with Crippen LogP contribution in [0.5, 0.6) is 0 Å². The largest absolute Gasteiger partial charge is 0.318 e. The number of aromatic nitrogens is 1. The van der Waals surface area contributed by atoms with E-state index in [0.717, 1.165) is 17.1 Å². The molecule has 1 atom stereocenters. The zero-order valence-corrected chi connectivity index (χ0v) is 11.8. The van der Waals surface area contributed by atoms with E-state index in [9.17, 15) is 4.39 Å². The average Bonchev–Trinajstić information content (AvgIpc) is 2.70. The van der Waals surface area contributed by atoms with E-state index >= 15 is 0 Å². The van der Waals surface area contributed by atoms with Crippen molar-refractivity contribution in [1.82, 2.24) is 4.98 Å². The summed E-state index contributed by atoms with van der Waals surface area (Å²) in [5, 5.41) is 1.16. The van der Waals surface area contributed by atoms with Crippen molar-refractivity contribution in [1.29, 1.82) is 0 Å². The third kappa shape index (κ3) is 2.55. The molecule has 0 fully saturated rings. The van der Waals surface area contributed by atoms with Crippen molar-refractivity contribution in [3.63, 3.8) is 0 Å². The summed E-state index contributed by atoms with van der Waals surface area (Å²) < 4.78 is 13.0. The molecule has 2 rings (SSSR count). The number of benzene rings is 1. The second-order valence-corrected chi connectivity index (χ2v) is 5.69. The van der Waals surface area contributed by atoms with Crippen molar-refractivity contribution in [2.75, 3.05) is 0 Å². The van der Waals surface area contributed by atoms with Gasteiger partial charge in [0.2, 0.25) is 0 Å². The Morgan fingerprint density at radius 1 is 1.50 bits per heavy atom. The number of rotatable bonds is 3. The van der Waals surface area contributed by atoms with Gasteiger partial charge in [-0.15, -0.1) is 11.3 Å². The molecule has 0 saturated carbocycles. The highest BCUT2D eigenvalue weighted by Crippen LogP contribution is 2.30. The lowest BCUT2D eigenvalue weighted by Crippen LogP contribution is -2.12. The summed E-state index contributed by atoms with van der Waals surface area (Å²) in [5.74, 6) is -0.361. The molecule has 18 heavy (non-hydrogen) atoms. The molecule has 2 aromatic rings. The van der Waals surface area contributed by atoms with E-state index in [0.29, 0.717) is 10.6 Å². The molecular weight excluding hydrogens is 271 g/mol. The Morgan fingerprint density at radius 2 is 2.22 bits per heavy atom. The minimum atomic E-state index is -0.401. The maximum atomic E-state index is 13.0. The number of nitrogens with zero attached hydrogens (tertiary/aromatic N) is 1. The Balaban J connectivity index is 2.37. The van der Waals surface area contributed by atoms with Crippen molar-refractivity contribution in [3.05, 3.63) is 50.2 Å². The van der Waals surface area contributed by atoms with E-state index in [-0.39, 0.29) is 5.82 Å². The van der Waals surface area contributed by atoms with Crippen molar-refractivity contribution in [2.45, 2.75) is 26.3 Å². The summed E-state index contributed by atoms with van der Waals surface area (Å²) in [6.07, 6.45) is 0.881. The van der Waals surface area contributed by atoms with E-state index < -0.39 is 6.04 Å². The molecule has 1 aromatic heterocycles. The first kappa shape index (κ1) is 13.5. The molecule has 1 heterocycles. The van der Waals surface area contributed by atoms with Crippen LogP contribution in [0, 0.1) is 12.7 Å². The van der Waals surface area contributed by atoms with E-state index in [4.69, 9.17) is 17.3 Å². The SMILES string of the molecule is CCc1nc(C(N)c2ccc(F)cc2Cl)sc1C. The molecule has 2 nitrogen and oxygen atoms in total. The van der Waals surface area contributed by atoms with Crippen LogP contribution in [0.1, 0.15) is 34.1 Å². The summed E-state index contributed by atoms with van der Waals surface area (Å²) in [5.41, 5.74) is 7.91. The highest BCUT2D eigenvalue weighted by Gasteiger charge is 2.18. The van der Waals surface area contributed by atoms with Gasteiger partial charge >= 0.3 is 0 Å². The van der Waals surface area contributed by atoms with Gasteiger partial charge in [0.15, 0.2) is 0 Å². The molecule has 5 heteroatoms. The molecule has 0 aliphatic carbocycles. The fourth-order valence-corrected chi connectivity index (χ4v) is 3.11. The maximum Gasteiger partial charge on any atom is 0.124 e. The molecule has 0 spiro atoms. The summed E-state index contributed by atoms with van der Waals surface area (Å²) in [4.78, 5) is 5.68. The zero-order chi connectivity index (χ0) is 13.3. The van der Waals surface area contributed by atoms with Crippen molar-refractivity contribution >= 4 is 22.9 Å². The quantitative estimate of drug-likeness (QED) is 0.930. The first-order valence-electron chi connectivity index (χ1n) is 5.69. The maximum absolute atomic E-state index is 13.0. The Bertz CT molecular complexity index is 568. The highest BCUT2D eigenvalue weighted by molar-refractivity contribution is 7.11. The van der Waals surface area contributed by atoms with Gasteiger partial charge in [0.1, 0.15) is 10.8 Å². The van der Waals surface area contributed by atoms with Gasteiger partial charge in [-0.05, 0) is 31.0 Å². The summed E-state index contributed by atoms with van der Waals surface area (Å²) in [7, 11) is 0. The number of thiazole rings is 1. The molecule has 96 valence electrons. The highest BCUT2D eigenvalue weighted by atomic mass is 35.5. The molecule has 1 unspecified atom stereocenters. The van der Waals surface area contributed by atoms with Gasteiger partial charge in [-0.25, -0.2) is 9.37 Å². The molecule has 0 saturated heterocycles. The number of aryl methyl sites for hydroxylation is 2. The molecule has 0 bridgehead atoms. The fourth-order valence-electron chi connectivity index (χ4n) is 1.80. The molecular formula is C13H14ClFN2S. The lowest BCUT2D eigenvalue weighted by Gasteiger charge is -2.10. The van der Waals surface area contributed by atoms with Crippen LogP contribution in [0.4, 0.5) is 4.39 Å². The first-order chi connectivity index (χ1) is 8.52. The van der Waals surface area contributed by atoms with Crippen LogP contribution in [0.15, 0.2) is 18.2 Å². The summed E-state index contributed by atoms with van der Waals surface area (Å²) in [6.45, 7) is 4.08. The van der Waals surface area contributed by atoms with Crippen LogP contribution in [0.2, 0.25) is 5.02 Å². The summed E-state index contributed by atoms with van der Waals surface area (Å²) in [6, 6.07) is 3.85. The number of hydrogen-bond acceptors (Lipinski definition) is 3. The van der Waals surface area contributed by atoms with Crippen LogP contribution in [0.25, 0.3) is 0 Å². The Hall–Kier alpha value is -0.970. The first-order valence-corrected chi connectivity index (χ1v) is 6.89. The smallest absolute Gasteiger partial charge is 0.124 e. The predicted octanol–water partition coefficient (Wildman–Crippen LogP) is 3.85. The van der Waals surface area contributed by atoms with Crippen LogP contribution in [-0.2, 0) is 6.42 Å². The van der Waals surface area contributed by atoms with Crippen LogP contribution in [0.3, 0.4) is 0 Å². The minimum Gasteiger partial charge on any atom is -0.318 e.